The van der Waals surface area contributed by atoms with Crippen LogP contribution in [0.2, 0.25) is 0 Å². The Bertz CT molecular complexity index is 524. The van der Waals surface area contributed by atoms with Gasteiger partial charge in [0.15, 0.2) is 0 Å². The molecular formula is C14H20N4O. The first-order valence-corrected chi connectivity index (χ1v) is 6.54. The Morgan fingerprint density at radius 1 is 1.32 bits per heavy atom. The number of benzene rings is 1. The topological polar surface area (TPSA) is 54.2 Å². The van der Waals surface area contributed by atoms with Crippen LogP contribution in [0, 0.1) is 6.92 Å². The van der Waals surface area contributed by atoms with Crippen LogP contribution in [-0.4, -0.2) is 23.8 Å². The van der Waals surface area contributed by atoms with Crippen LogP contribution in [0.25, 0.3) is 0 Å². The van der Waals surface area contributed by atoms with Crippen molar-refractivity contribution >= 4 is 11.7 Å². The number of nitrogens with zero attached hydrogens (tertiary/aromatic N) is 3. The van der Waals surface area contributed by atoms with E-state index in [-0.39, 0.29) is 0 Å². The van der Waals surface area contributed by atoms with Crippen molar-refractivity contribution in [3.63, 3.8) is 0 Å². The van der Waals surface area contributed by atoms with E-state index in [1.54, 1.807) is 0 Å². The second-order valence-electron chi connectivity index (χ2n) is 4.55. The molecular weight excluding hydrogens is 240 g/mol. The van der Waals surface area contributed by atoms with Crippen LogP contribution in [0.3, 0.4) is 0 Å². The van der Waals surface area contributed by atoms with Crippen LogP contribution >= 0.6 is 0 Å². The first-order chi connectivity index (χ1) is 9.20. The molecule has 102 valence electrons. The van der Waals surface area contributed by atoms with Gasteiger partial charge in [0.1, 0.15) is 0 Å². The summed E-state index contributed by atoms with van der Waals surface area (Å²) in [6, 6.07) is 8.69. The minimum atomic E-state index is 0.513. The van der Waals surface area contributed by atoms with E-state index in [9.17, 15) is 0 Å². The van der Waals surface area contributed by atoms with Gasteiger partial charge >= 0.3 is 6.01 Å². The maximum absolute atomic E-state index is 5.63. The van der Waals surface area contributed by atoms with E-state index in [1.807, 2.05) is 24.1 Å². The third-order valence-electron chi connectivity index (χ3n) is 2.84. The Morgan fingerprint density at radius 2 is 2.16 bits per heavy atom. The lowest BCUT2D eigenvalue weighted by Gasteiger charge is -2.14. The van der Waals surface area contributed by atoms with E-state index in [0.29, 0.717) is 18.5 Å². The summed E-state index contributed by atoms with van der Waals surface area (Å²) < 4.78 is 5.63. The van der Waals surface area contributed by atoms with Gasteiger partial charge in [0.05, 0.1) is 6.54 Å². The van der Waals surface area contributed by atoms with Crippen molar-refractivity contribution in [2.24, 2.45) is 0 Å². The van der Waals surface area contributed by atoms with Crippen LogP contribution in [-0.2, 0) is 6.54 Å². The van der Waals surface area contributed by atoms with Crippen molar-refractivity contribution in [1.82, 2.24) is 15.5 Å². The zero-order valence-corrected chi connectivity index (χ0v) is 11.7. The van der Waals surface area contributed by atoms with E-state index in [4.69, 9.17) is 4.42 Å². The molecule has 0 radical (unpaired) electrons. The standard InChI is InChI=1S/C14H20N4O/c1-4-8-15-10-13-16-17-14(19-13)18(3)12-7-5-6-11(2)9-12/h5-7,9,15H,4,8,10H2,1-3H3. The van der Waals surface area contributed by atoms with Gasteiger partial charge < -0.3 is 9.73 Å². The van der Waals surface area contributed by atoms with E-state index >= 15 is 0 Å². The SMILES string of the molecule is CCCNCc1nnc(N(C)c2cccc(C)c2)o1. The van der Waals surface area contributed by atoms with Crippen LogP contribution in [0.5, 0.6) is 0 Å². The number of hydrogen-bond acceptors (Lipinski definition) is 5. The van der Waals surface area contributed by atoms with Gasteiger partial charge in [-0.05, 0) is 37.6 Å². The molecule has 0 amide bonds. The molecule has 19 heavy (non-hydrogen) atoms. The van der Waals surface area contributed by atoms with E-state index in [1.165, 1.54) is 5.56 Å². The molecule has 1 N–H and O–H groups in total. The summed E-state index contributed by atoms with van der Waals surface area (Å²) in [6.45, 7) is 5.75. The molecule has 0 aliphatic rings. The van der Waals surface area contributed by atoms with Gasteiger partial charge in [0, 0.05) is 12.7 Å². The summed E-state index contributed by atoms with van der Waals surface area (Å²) in [7, 11) is 1.92. The average molecular weight is 260 g/mol. The number of anilines is 2. The molecule has 1 aromatic carbocycles. The Kier molecular flexibility index (Phi) is 4.52. The fourth-order valence-corrected chi connectivity index (χ4v) is 1.77. The van der Waals surface area contributed by atoms with Crippen LogP contribution in [0.4, 0.5) is 11.7 Å². The van der Waals surface area contributed by atoms with Gasteiger partial charge in [-0.25, -0.2) is 0 Å². The normalized spacial score (nSPS) is 10.7. The molecule has 2 rings (SSSR count). The van der Waals surface area contributed by atoms with Gasteiger partial charge in [0.25, 0.3) is 0 Å². The Labute approximate surface area is 113 Å². The Morgan fingerprint density at radius 3 is 2.89 bits per heavy atom. The first-order valence-electron chi connectivity index (χ1n) is 6.54. The Hall–Kier alpha value is -1.88. The van der Waals surface area contributed by atoms with Gasteiger partial charge in [-0.3, -0.25) is 4.90 Å². The van der Waals surface area contributed by atoms with Crippen molar-refractivity contribution in [3.05, 3.63) is 35.7 Å². The number of rotatable bonds is 6. The number of aryl methyl sites for hydroxylation is 1. The largest absolute Gasteiger partial charge is 0.406 e. The third kappa shape index (κ3) is 3.54. The van der Waals surface area contributed by atoms with Crippen LogP contribution in [0.1, 0.15) is 24.8 Å². The number of aromatic nitrogens is 2. The quantitative estimate of drug-likeness (QED) is 0.809. The third-order valence-corrected chi connectivity index (χ3v) is 2.84. The van der Waals surface area contributed by atoms with Gasteiger partial charge in [-0.2, -0.15) is 0 Å². The summed E-state index contributed by atoms with van der Waals surface area (Å²) in [5, 5.41) is 11.3. The summed E-state index contributed by atoms with van der Waals surface area (Å²) in [5.74, 6) is 0.614. The van der Waals surface area contributed by atoms with E-state index < -0.39 is 0 Å². The molecule has 0 spiro atoms. The zero-order chi connectivity index (χ0) is 13.7. The number of nitrogens with one attached hydrogen (secondary N) is 1. The molecule has 1 aromatic heterocycles. The fourth-order valence-electron chi connectivity index (χ4n) is 1.77. The molecule has 0 aliphatic carbocycles. The molecule has 5 heteroatoms. The lowest BCUT2D eigenvalue weighted by Crippen LogP contribution is -2.14. The van der Waals surface area contributed by atoms with Crippen LogP contribution < -0.4 is 10.2 Å². The van der Waals surface area contributed by atoms with Crippen molar-refractivity contribution in [1.29, 1.82) is 0 Å². The van der Waals surface area contributed by atoms with Crippen molar-refractivity contribution in [3.8, 4) is 0 Å². The predicted octanol–water partition coefficient (Wildman–Crippen LogP) is 2.65. The second-order valence-corrected chi connectivity index (χ2v) is 4.55. The summed E-state index contributed by atoms with van der Waals surface area (Å²) in [6.07, 6.45) is 1.09. The Balaban J connectivity index is 2.05. The average Bonchev–Trinajstić information content (AvgIpc) is 2.87. The monoisotopic (exact) mass is 260 g/mol. The summed E-state index contributed by atoms with van der Waals surface area (Å²) in [4.78, 5) is 1.89. The predicted molar refractivity (Wildman–Crippen MR) is 75.5 cm³/mol. The lowest BCUT2D eigenvalue weighted by molar-refractivity contribution is 0.472. The molecule has 0 aliphatic heterocycles. The first kappa shape index (κ1) is 13.5. The molecule has 0 fully saturated rings. The smallest absolute Gasteiger partial charge is 0.322 e. The van der Waals surface area contributed by atoms with Gasteiger partial charge in [-0.15, -0.1) is 5.10 Å². The zero-order valence-electron chi connectivity index (χ0n) is 11.7. The second kappa shape index (κ2) is 6.33. The van der Waals surface area contributed by atoms with E-state index in [2.05, 4.69) is 41.5 Å². The molecule has 5 nitrogen and oxygen atoms in total. The molecule has 2 aromatic rings. The highest BCUT2D eigenvalue weighted by Gasteiger charge is 2.12. The fraction of sp³-hybridized carbons (Fsp3) is 0.429. The van der Waals surface area contributed by atoms with Crippen molar-refractivity contribution < 1.29 is 4.42 Å². The maximum atomic E-state index is 5.63. The molecule has 0 atom stereocenters. The summed E-state index contributed by atoms with van der Waals surface area (Å²) in [5.41, 5.74) is 2.24. The highest BCUT2D eigenvalue weighted by atomic mass is 16.4. The molecule has 0 bridgehead atoms. The molecule has 0 unspecified atom stereocenters. The maximum Gasteiger partial charge on any atom is 0.322 e. The highest BCUT2D eigenvalue weighted by Crippen LogP contribution is 2.22. The molecule has 1 heterocycles. The summed E-state index contributed by atoms with van der Waals surface area (Å²) >= 11 is 0. The highest BCUT2D eigenvalue weighted by molar-refractivity contribution is 5.55. The lowest BCUT2D eigenvalue weighted by atomic mass is 10.2. The van der Waals surface area contributed by atoms with Crippen molar-refractivity contribution in [2.75, 3.05) is 18.5 Å². The molecule has 0 saturated heterocycles. The van der Waals surface area contributed by atoms with E-state index in [0.717, 1.165) is 18.7 Å². The van der Waals surface area contributed by atoms with Crippen molar-refractivity contribution in [2.45, 2.75) is 26.8 Å². The minimum Gasteiger partial charge on any atom is -0.406 e. The van der Waals surface area contributed by atoms with Gasteiger partial charge in [-0.1, -0.05) is 24.2 Å². The molecule has 0 saturated carbocycles. The van der Waals surface area contributed by atoms with Crippen LogP contribution in [0.15, 0.2) is 28.7 Å². The van der Waals surface area contributed by atoms with Gasteiger partial charge in [0.2, 0.25) is 5.89 Å². The minimum absolute atomic E-state index is 0.513. The number of hydrogen-bond donors (Lipinski definition) is 1.